The first-order valence-electron chi connectivity index (χ1n) is 8.53. The summed E-state index contributed by atoms with van der Waals surface area (Å²) < 4.78 is 0. The van der Waals surface area contributed by atoms with Gasteiger partial charge in [-0.15, -0.1) is 35.3 Å². The van der Waals surface area contributed by atoms with Crippen LogP contribution in [-0.4, -0.2) is 24.0 Å². The zero-order valence-electron chi connectivity index (χ0n) is 14.8. The minimum atomic E-state index is 0. The molecule has 1 heterocycles. The van der Waals surface area contributed by atoms with Crippen molar-refractivity contribution in [3.05, 3.63) is 16.1 Å². The monoisotopic (exact) mass is 450 g/mol. The van der Waals surface area contributed by atoms with Crippen molar-refractivity contribution < 1.29 is 0 Å². The lowest BCUT2D eigenvalue weighted by Gasteiger charge is -2.30. The number of halogens is 1. The predicted octanol–water partition coefficient (Wildman–Crippen LogP) is 4.52. The number of thiazole rings is 1. The summed E-state index contributed by atoms with van der Waals surface area (Å²) in [5, 5.41) is 10.3. The lowest BCUT2D eigenvalue weighted by Crippen LogP contribution is -2.45. The summed E-state index contributed by atoms with van der Waals surface area (Å²) in [4.78, 5) is 9.02. The van der Waals surface area contributed by atoms with Crippen molar-refractivity contribution in [2.45, 2.75) is 71.4 Å². The molecule has 23 heavy (non-hydrogen) atoms. The summed E-state index contributed by atoms with van der Waals surface area (Å²) in [6.45, 7) is 7.41. The van der Waals surface area contributed by atoms with Gasteiger partial charge in [-0.3, -0.25) is 4.99 Å². The summed E-state index contributed by atoms with van der Waals surface area (Å²) >= 11 is 1.74. The van der Waals surface area contributed by atoms with Crippen molar-refractivity contribution >= 4 is 41.3 Å². The fourth-order valence-electron chi connectivity index (χ4n) is 3.02. The van der Waals surface area contributed by atoms with Gasteiger partial charge in [0, 0.05) is 24.4 Å². The molecule has 1 aliphatic carbocycles. The van der Waals surface area contributed by atoms with Crippen LogP contribution >= 0.6 is 35.3 Å². The molecule has 2 N–H and O–H groups in total. The Hall–Kier alpha value is -0.370. The first kappa shape index (κ1) is 20.7. The fourth-order valence-corrected chi connectivity index (χ4v) is 3.86. The third-order valence-corrected chi connectivity index (χ3v) is 5.62. The maximum Gasteiger partial charge on any atom is 0.191 e. The second-order valence-corrected chi connectivity index (χ2v) is 7.43. The van der Waals surface area contributed by atoms with Gasteiger partial charge in [-0.2, -0.15) is 0 Å². The molecule has 0 amide bonds. The average molecular weight is 450 g/mol. The van der Waals surface area contributed by atoms with Crippen molar-refractivity contribution in [2.24, 2.45) is 10.9 Å². The Labute approximate surface area is 162 Å². The number of nitrogens with one attached hydrogen (secondary N) is 2. The number of aliphatic imine (C=N–C) groups is 1. The van der Waals surface area contributed by atoms with Crippen molar-refractivity contribution in [3.8, 4) is 0 Å². The van der Waals surface area contributed by atoms with Gasteiger partial charge in [-0.25, -0.2) is 4.98 Å². The lowest BCUT2D eigenvalue weighted by atomic mass is 9.84. The van der Waals surface area contributed by atoms with Gasteiger partial charge in [0.15, 0.2) is 5.96 Å². The molecule has 132 valence electrons. The molecule has 0 aromatic carbocycles. The van der Waals surface area contributed by atoms with Gasteiger partial charge in [0.2, 0.25) is 0 Å². The summed E-state index contributed by atoms with van der Waals surface area (Å²) in [6, 6.07) is 0.562. The van der Waals surface area contributed by atoms with Crippen LogP contribution in [0.15, 0.2) is 10.4 Å². The first-order valence-corrected chi connectivity index (χ1v) is 9.41. The standard InChI is InChI=1S/C17H30N4S.HI/c1-5-13-7-6-8-14(9-13)21-17(18-4)19-10-15-11-22-16(20-15)12(2)3;/h11-14H,5-10H2,1-4H3,(H2,18,19,21);1H. The molecule has 4 nitrogen and oxygen atoms in total. The maximum atomic E-state index is 4.66. The third-order valence-electron chi connectivity index (χ3n) is 4.42. The number of hydrogen-bond donors (Lipinski definition) is 2. The maximum absolute atomic E-state index is 4.66. The first-order chi connectivity index (χ1) is 10.6. The fraction of sp³-hybridized carbons (Fsp3) is 0.765. The van der Waals surface area contributed by atoms with Crippen LogP contribution in [0.3, 0.4) is 0 Å². The molecule has 0 spiro atoms. The van der Waals surface area contributed by atoms with Crippen molar-refractivity contribution in [1.29, 1.82) is 0 Å². The lowest BCUT2D eigenvalue weighted by molar-refractivity contribution is 0.298. The van der Waals surface area contributed by atoms with Crippen LogP contribution < -0.4 is 10.6 Å². The van der Waals surface area contributed by atoms with Crippen LogP contribution in [0.2, 0.25) is 0 Å². The molecule has 2 atom stereocenters. The predicted molar refractivity (Wildman–Crippen MR) is 111 cm³/mol. The molecule has 1 aliphatic rings. The Morgan fingerprint density at radius 2 is 2.22 bits per heavy atom. The van der Waals surface area contributed by atoms with Gasteiger partial charge in [-0.1, -0.05) is 40.0 Å². The van der Waals surface area contributed by atoms with Crippen LogP contribution in [-0.2, 0) is 6.54 Å². The Balaban J connectivity index is 0.00000264. The number of rotatable bonds is 5. The zero-order valence-corrected chi connectivity index (χ0v) is 17.9. The molecule has 2 rings (SSSR count). The summed E-state index contributed by atoms with van der Waals surface area (Å²) in [5.74, 6) is 2.28. The second kappa shape index (κ2) is 10.5. The highest BCUT2D eigenvalue weighted by atomic mass is 127. The summed E-state index contributed by atoms with van der Waals surface area (Å²) in [7, 11) is 1.84. The van der Waals surface area contributed by atoms with E-state index >= 15 is 0 Å². The highest BCUT2D eigenvalue weighted by Crippen LogP contribution is 2.26. The van der Waals surface area contributed by atoms with Crippen LogP contribution in [0.5, 0.6) is 0 Å². The van der Waals surface area contributed by atoms with E-state index in [1.807, 2.05) is 7.05 Å². The largest absolute Gasteiger partial charge is 0.354 e. The summed E-state index contributed by atoms with van der Waals surface area (Å²) in [5.41, 5.74) is 1.10. The van der Waals surface area contributed by atoms with Crippen molar-refractivity contribution in [3.63, 3.8) is 0 Å². The van der Waals surface area contributed by atoms with Crippen molar-refractivity contribution in [2.75, 3.05) is 7.05 Å². The number of guanidine groups is 1. The van der Waals surface area contributed by atoms with Gasteiger partial charge in [0.05, 0.1) is 17.2 Å². The van der Waals surface area contributed by atoms with Gasteiger partial charge in [-0.05, 0) is 18.8 Å². The highest BCUT2D eigenvalue weighted by Gasteiger charge is 2.21. The zero-order chi connectivity index (χ0) is 15.9. The molecule has 0 bridgehead atoms. The van der Waals surface area contributed by atoms with E-state index in [2.05, 4.69) is 46.8 Å². The third kappa shape index (κ3) is 6.57. The van der Waals surface area contributed by atoms with Crippen LogP contribution in [0.4, 0.5) is 0 Å². The minimum Gasteiger partial charge on any atom is -0.354 e. The van der Waals surface area contributed by atoms with Crippen molar-refractivity contribution in [1.82, 2.24) is 15.6 Å². The van der Waals surface area contributed by atoms with Gasteiger partial charge >= 0.3 is 0 Å². The Morgan fingerprint density at radius 1 is 1.43 bits per heavy atom. The number of nitrogens with zero attached hydrogens (tertiary/aromatic N) is 2. The molecule has 0 aliphatic heterocycles. The smallest absolute Gasteiger partial charge is 0.191 e. The van der Waals surface area contributed by atoms with Crippen LogP contribution in [0.1, 0.15) is 69.5 Å². The van der Waals surface area contributed by atoms with Crippen LogP contribution in [0.25, 0.3) is 0 Å². The van der Waals surface area contributed by atoms with Gasteiger partial charge in [0.1, 0.15) is 0 Å². The van der Waals surface area contributed by atoms with Gasteiger partial charge < -0.3 is 10.6 Å². The molecule has 1 saturated carbocycles. The van der Waals surface area contributed by atoms with Gasteiger partial charge in [0.25, 0.3) is 0 Å². The molecule has 1 fully saturated rings. The minimum absolute atomic E-state index is 0. The Morgan fingerprint density at radius 3 is 2.83 bits per heavy atom. The van der Waals surface area contributed by atoms with E-state index in [1.54, 1.807) is 11.3 Å². The highest BCUT2D eigenvalue weighted by molar-refractivity contribution is 14.0. The molecule has 1 aromatic heterocycles. The molecule has 6 heteroatoms. The molecule has 0 saturated heterocycles. The second-order valence-electron chi connectivity index (χ2n) is 6.54. The van der Waals surface area contributed by atoms with E-state index < -0.39 is 0 Å². The molecular weight excluding hydrogens is 419 g/mol. The molecular formula is C17H31IN4S. The van der Waals surface area contributed by atoms with E-state index in [0.717, 1.165) is 24.1 Å². The Bertz CT molecular complexity index is 487. The van der Waals surface area contributed by atoms with E-state index in [1.165, 1.54) is 37.1 Å². The number of aromatic nitrogens is 1. The summed E-state index contributed by atoms with van der Waals surface area (Å²) in [6.07, 6.45) is 6.53. The Kier molecular flexibility index (Phi) is 9.43. The van der Waals surface area contributed by atoms with E-state index in [4.69, 9.17) is 0 Å². The average Bonchev–Trinajstić information content (AvgIpc) is 3.01. The SMILES string of the molecule is CCC1CCCC(NC(=NC)NCc2csc(C(C)C)n2)C1.I. The topological polar surface area (TPSA) is 49.3 Å². The van der Waals surface area contributed by atoms with E-state index in [9.17, 15) is 0 Å². The molecule has 0 radical (unpaired) electrons. The normalized spacial score (nSPS) is 21.9. The molecule has 2 unspecified atom stereocenters. The quantitative estimate of drug-likeness (QED) is 0.394. The van der Waals surface area contributed by atoms with Crippen LogP contribution in [0, 0.1) is 5.92 Å². The molecule has 1 aromatic rings. The van der Waals surface area contributed by atoms with E-state index in [-0.39, 0.29) is 24.0 Å². The number of hydrogen-bond acceptors (Lipinski definition) is 3. The van der Waals surface area contributed by atoms with E-state index in [0.29, 0.717) is 12.0 Å².